The predicted molar refractivity (Wildman–Crippen MR) is 86.9 cm³/mol. The molecule has 0 radical (unpaired) electrons. The van der Waals surface area contributed by atoms with Crippen LogP contribution in [0.2, 0.25) is 5.02 Å². The fourth-order valence-corrected chi connectivity index (χ4v) is 3.21. The number of amides is 1. The van der Waals surface area contributed by atoms with Crippen LogP contribution in [-0.4, -0.2) is 20.6 Å². The molecule has 2 aromatic carbocycles. The summed E-state index contributed by atoms with van der Waals surface area (Å²) >= 11 is 5.85. The normalized spacial score (nSPS) is 10.8. The molecule has 1 amide bonds. The Morgan fingerprint density at radius 2 is 1.87 bits per heavy atom. The number of nitrogens with one attached hydrogen (secondary N) is 1. The van der Waals surface area contributed by atoms with Crippen LogP contribution in [0.1, 0.15) is 21.5 Å². The zero-order valence-electron chi connectivity index (χ0n) is 12.2. The number of nitrogens with zero attached hydrogens (tertiary/aromatic N) is 1. The van der Waals surface area contributed by atoms with Gasteiger partial charge in [-0.1, -0.05) is 23.7 Å². The fourth-order valence-electron chi connectivity index (χ4n) is 1.91. The molecule has 0 bridgehead atoms. The van der Waals surface area contributed by atoms with Crippen LogP contribution in [0.15, 0.2) is 47.4 Å². The number of hydrogen-bond donors (Lipinski definition) is 1. The maximum Gasteiger partial charge on any atom is 0.251 e. The summed E-state index contributed by atoms with van der Waals surface area (Å²) in [6.45, 7) is 0.265. The van der Waals surface area contributed by atoms with Gasteiger partial charge in [-0.2, -0.15) is 5.26 Å². The lowest BCUT2D eigenvalue weighted by atomic mass is 10.1. The van der Waals surface area contributed by atoms with Gasteiger partial charge in [0, 0.05) is 18.4 Å². The molecule has 0 saturated carbocycles. The monoisotopic (exact) mass is 348 g/mol. The van der Waals surface area contributed by atoms with Crippen molar-refractivity contribution in [2.45, 2.75) is 11.4 Å². The van der Waals surface area contributed by atoms with Crippen LogP contribution in [0, 0.1) is 11.3 Å². The fraction of sp³-hybridized carbons (Fsp3) is 0.125. The molecule has 118 valence electrons. The van der Waals surface area contributed by atoms with E-state index in [1.54, 1.807) is 24.3 Å². The summed E-state index contributed by atoms with van der Waals surface area (Å²) in [7, 11) is -3.51. The molecule has 2 aromatic rings. The number of carbonyl (C=O) groups excluding carboxylic acids is 1. The largest absolute Gasteiger partial charge is 0.348 e. The number of rotatable bonds is 4. The van der Waals surface area contributed by atoms with Crippen molar-refractivity contribution in [3.8, 4) is 6.07 Å². The Bertz CT molecular complexity index is 885. The average molecular weight is 349 g/mol. The molecule has 0 aromatic heterocycles. The van der Waals surface area contributed by atoms with E-state index in [9.17, 15) is 13.2 Å². The third-order valence-electron chi connectivity index (χ3n) is 3.13. The first kappa shape index (κ1) is 17.0. The topological polar surface area (TPSA) is 87.0 Å². The summed E-state index contributed by atoms with van der Waals surface area (Å²) in [5.41, 5.74) is 1.58. The lowest BCUT2D eigenvalue weighted by molar-refractivity contribution is 0.0950. The number of sulfone groups is 1. The highest BCUT2D eigenvalue weighted by Crippen LogP contribution is 2.22. The number of hydrogen-bond acceptors (Lipinski definition) is 4. The summed E-state index contributed by atoms with van der Waals surface area (Å²) in [6, 6.07) is 12.9. The zero-order valence-corrected chi connectivity index (χ0v) is 13.8. The van der Waals surface area contributed by atoms with Crippen molar-refractivity contribution in [2.24, 2.45) is 0 Å². The van der Waals surface area contributed by atoms with Gasteiger partial charge in [0.05, 0.1) is 21.6 Å². The molecule has 7 heteroatoms. The number of halogens is 1. The SMILES string of the molecule is CS(=O)(=O)c1cc(C(=O)NCc2ccc(C#N)cc2)ccc1Cl. The van der Waals surface area contributed by atoms with Gasteiger partial charge in [0.1, 0.15) is 0 Å². The van der Waals surface area contributed by atoms with E-state index in [-0.39, 0.29) is 22.0 Å². The highest BCUT2D eigenvalue weighted by Gasteiger charge is 2.15. The van der Waals surface area contributed by atoms with Crippen LogP contribution >= 0.6 is 11.6 Å². The first-order valence-corrected chi connectivity index (χ1v) is 8.85. The second-order valence-corrected chi connectivity index (χ2v) is 7.30. The molecule has 2 rings (SSSR count). The molecule has 1 N–H and O–H groups in total. The average Bonchev–Trinajstić information content (AvgIpc) is 2.52. The van der Waals surface area contributed by atoms with Crippen molar-refractivity contribution in [3.05, 3.63) is 64.2 Å². The van der Waals surface area contributed by atoms with Gasteiger partial charge in [-0.25, -0.2) is 8.42 Å². The number of carbonyl (C=O) groups is 1. The lowest BCUT2D eigenvalue weighted by Crippen LogP contribution is -2.23. The van der Waals surface area contributed by atoms with Crippen molar-refractivity contribution in [2.75, 3.05) is 6.26 Å². The molecule has 23 heavy (non-hydrogen) atoms. The van der Waals surface area contributed by atoms with Crippen molar-refractivity contribution in [1.82, 2.24) is 5.32 Å². The molecular formula is C16H13ClN2O3S. The molecule has 0 atom stereocenters. The van der Waals surface area contributed by atoms with Crippen LogP contribution in [0.5, 0.6) is 0 Å². The highest BCUT2D eigenvalue weighted by molar-refractivity contribution is 7.90. The third kappa shape index (κ3) is 4.31. The lowest BCUT2D eigenvalue weighted by Gasteiger charge is -2.08. The molecule has 0 saturated heterocycles. The third-order valence-corrected chi connectivity index (χ3v) is 4.71. The standard InChI is InChI=1S/C16H13ClN2O3S/c1-23(21,22)15-8-13(6-7-14(15)17)16(20)19-10-12-4-2-11(9-18)3-5-12/h2-8H,10H2,1H3,(H,19,20). The molecule has 0 heterocycles. The maximum atomic E-state index is 12.1. The van der Waals surface area contributed by atoms with Gasteiger partial charge in [0.25, 0.3) is 5.91 Å². The summed E-state index contributed by atoms with van der Waals surface area (Å²) < 4.78 is 23.3. The minimum absolute atomic E-state index is 0.0785. The molecule has 5 nitrogen and oxygen atoms in total. The smallest absolute Gasteiger partial charge is 0.251 e. The second kappa shape index (κ2) is 6.82. The molecular weight excluding hydrogens is 336 g/mol. The van der Waals surface area contributed by atoms with E-state index in [2.05, 4.69) is 5.32 Å². The number of nitriles is 1. The first-order chi connectivity index (χ1) is 10.8. The Labute approximate surface area is 139 Å². The van der Waals surface area contributed by atoms with Crippen molar-refractivity contribution < 1.29 is 13.2 Å². The second-order valence-electron chi connectivity index (χ2n) is 4.91. The van der Waals surface area contributed by atoms with Crippen molar-refractivity contribution in [1.29, 1.82) is 5.26 Å². The maximum absolute atomic E-state index is 12.1. The minimum atomic E-state index is -3.51. The summed E-state index contributed by atoms with van der Waals surface area (Å²) in [5, 5.41) is 11.5. The van der Waals surface area contributed by atoms with Crippen LogP contribution < -0.4 is 5.32 Å². The summed E-state index contributed by atoms with van der Waals surface area (Å²) in [5.74, 6) is -0.407. The van der Waals surface area contributed by atoms with Gasteiger partial charge in [0.2, 0.25) is 0 Å². The van der Waals surface area contributed by atoms with Crippen molar-refractivity contribution >= 4 is 27.3 Å². The van der Waals surface area contributed by atoms with Gasteiger partial charge < -0.3 is 5.32 Å². The van der Waals surface area contributed by atoms with Crippen LogP contribution in [0.4, 0.5) is 0 Å². The highest BCUT2D eigenvalue weighted by atomic mass is 35.5. The van der Waals surface area contributed by atoms with Gasteiger partial charge >= 0.3 is 0 Å². The van der Waals surface area contributed by atoms with Crippen LogP contribution in [0.3, 0.4) is 0 Å². The van der Waals surface area contributed by atoms with E-state index in [0.29, 0.717) is 5.56 Å². The van der Waals surface area contributed by atoms with E-state index in [4.69, 9.17) is 16.9 Å². The van der Waals surface area contributed by atoms with E-state index >= 15 is 0 Å². The van der Waals surface area contributed by atoms with E-state index in [1.807, 2.05) is 6.07 Å². The van der Waals surface area contributed by atoms with Crippen LogP contribution in [0.25, 0.3) is 0 Å². The van der Waals surface area contributed by atoms with E-state index < -0.39 is 15.7 Å². The first-order valence-electron chi connectivity index (χ1n) is 6.58. The molecule has 0 fully saturated rings. The molecule has 0 aliphatic rings. The predicted octanol–water partition coefficient (Wildman–Crippen LogP) is 2.55. The Kier molecular flexibility index (Phi) is 5.04. The Balaban J connectivity index is 2.13. The minimum Gasteiger partial charge on any atom is -0.348 e. The Morgan fingerprint density at radius 1 is 1.22 bits per heavy atom. The molecule has 0 unspecified atom stereocenters. The van der Waals surface area contributed by atoms with Gasteiger partial charge in [-0.3, -0.25) is 4.79 Å². The summed E-state index contributed by atoms with van der Waals surface area (Å²) in [4.78, 5) is 12.1. The number of benzene rings is 2. The van der Waals surface area contributed by atoms with Crippen molar-refractivity contribution in [3.63, 3.8) is 0 Å². The van der Waals surface area contributed by atoms with E-state index in [1.165, 1.54) is 18.2 Å². The quantitative estimate of drug-likeness (QED) is 0.919. The molecule has 0 spiro atoms. The molecule has 0 aliphatic carbocycles. The summed E-state index contributed by atoms with van der Waals surface area (Å²) in [6.07, 6.45) is 1.03. The Hall–Kier alpha value is -2.36. The van der Waals surface area contributed by atoms with Gasteiger partial charge in [-0.05, 0) is 35.9 Å². The zero-order chi connectivity index (χ0) is 17.0. The Morgan fingerprint density at radius 3 is 2.43 bits per heavy atom. The van der Waals surface area contributed by atoms with Crippen LogP contribution in [-0.2, 0) is 16.4 Å². The van der Waals surface area contributed by atoms with Gasteiger partial charge in [0.15, 0.2) is 9.84 Å². The van der Waals surface area contributed by atoms with E-state index in [0.717, 1.165) is 11.8 Å². The van der Waals surface area contributed by atoms with Gasteiger partial charge in [-0.15, -0.1) is 0 Å². The molecule has 0 aliphatic heterocycles.